The summed E-state index contributed by atoms with van der Waals surface area (Å²) in [5.41, 5.74) is 1.95. The summed E-state index contributed by atoms with van der Waals surface area (Å²) in [5, 5.41) is 6.89. The van der Waals surface area contributed by atoms with Gasteiger partial charge in [0.25, 0.3) is 5.91 Å². The van der Waals surface area contributed by atoms with Crippen molar-refractivity contribution in [2.24, 2.45) is 0 Å². The summed E-state index contributed by atoms with van der Waals surface area (Å²) in [7, 11) is -4.07. The highest BCUT2D eigenvalue weighted by atomic mass is 32.2. The number of carboxylic acids is 1. The molecule has 0 radical (unpaired) electrons. The van der Waals surface area contributed by atoms with Crippen LogP contribution in [0.2, 0.25) is 0 Å². The number of hydrogen-bond donors (Lipinski definition) is 3. The van der Waals surface area contributed by atoms with Gasteiger partial charge in [-0.05, 0) is 6.92 Å². The lowest BCUT2D eigenvalue weighted by molar-refractivity contribution is -0.136. The van der Waals surface area contributed by atoms with E-state index in [1.165, 1.54) is 0 Å². The molecule has 0 saturated carbocycles. The van der Waals surface area contributed by atoms with Crippen molar-refractivity contribution in [3.8, 4) is 0 Å². The molecular formula is C6H10N2O6S. The standard InChI is InChI=1S/C6H10N2O6S/c1-3(6(10)11)15(12,13)8-4-2-14-7-5(4)9/h3-4,8H,2H2,1H3,(H,7,9)(H,10,11)/t3?,4-/m1/s1. The minimum Gasteiger partial charge on any atom is -0.480 e. The first-order valence-electron chi connectivity index (χ1n) is 4.00. The molecule has 1 amide bonds. The fraction of sp³-hybridized carbons (Fsp3) is 0.667. The van der Waals surface area contributed by atoms with Crippen molar-refractivity contribution in [2.75, 3.05) is 6.61 Å². The van der Waals surface area contributed by atoms with Crippen LogP contribution in [0.25, 0.3) is 0 Å². The molecule has 3 N–H and O–H groups in total. The molecule has 1 heterocycles. The number of rotatable bonds is 4. The topological polar surface area (TPSA) is 122 Å². The number of aliphatic carboxylic acids is 1. The van der Waals surface area contributed by atoms with Crippen LogP contribution >= 0.6 is 0 Å². The predicted molar refractivity (Wildman–Crippen MR) is 47.0 cm³/mol. The molecule has 9 heteroatoms. The van der Waals surface area contributed by atoms with Gasteiger partial charge in [0, 0.05) is 0 Å². The third-order valence-corrected chi connectivity index (χ3v) is 3.60. The molecule has 1 unspecified atom stereocenters. The monoisotopic (exact) mass is 238 g/mol. The van der Waals surface area contributed by atoms with Gasteiger partial charge in [-0.25, -0.2) is 13.9 Å². The van der Waals surface area contributed by atoms with E-state index in [1.807, 2.05) is 10.2 Å². The highest BCUT2D eigenvalue weighted by molar-refractivity contribution is 7.90. The SMILES string of the molecule is CC(C(=O)O)S(=O)(=O)N[C@@H]1CONC1=O. The Morgan fingerprint density at radius 3 is 2.73 bits per heavy atom. The molecule has 15 heavy (non-hydrogen) atoms. The molecule has 1 aliphatic rings. The largest absolute Gasteiger partial charge is 0.480 e. The second-order valence-corrected chi connectivity index (χ2v) is 5.01. The second-order valence-electron chi connectivity index (χ2n) is 2.97. The van der Waals surface area contributed by atoms with Gasteiger partial charge >= 0.3 is 5.97 Å². The molecule has 0 aliphatic carbocycles. The molecule has 8 nitrogen and oxygen atoms in total. The molecule has 1 fully saturated rings. The van der Waals surface area contributed by atoms with Crippen LogP contribution in [0.5, 0.6) is 0 Å². The zero-order valence-electron chi connectivity index (χ0n) is 7.76. The minimum atomic E-state index is -4.07. The Kier molecular flexibility index (Phi) is 3.27. The molecule has 1 rings (SSSR count). The molecule has 0 aromatic carbocycles. The van der Waals surface area contributed by atoms with Crippen LogP contribution in [-0.2, 0) is 24.4 Å². The van der Waals surface area contributed by atoms with Gasteiger partial charge in [0.2, 0.25) is 10.0 Å². The smallest absolute Gasteiger partial charge is 0.323 e. The van der Waals surface area contributed by atoms with E-state index in [9.17, 15) is 18.0 Å². The summed E-state index contributed by atoms with van der Waals surface area (Å²) in [4.78, 5) is 25.9. The highest BCUT2D eigenvalue weighted by Gasteiger charge is 2.35. The molecule has 2 atom stereocenters. The maximum absolute atomic E-state index is 11.3. The molecule has 0 aromatic heterocycles. The number of hydrogen-bond acceptors (Lipinski definition) is 5. The van der Waals surface area contributed by atoms with E-state index in [4.69, 9.17) is 5.11 Å². The number of carboxylic acid groups (broad SMARTS) is 1. The highest BCUT2D eigenvalue weighted by Crippen LogP contribution is 2.03. The van der Waals surface area contributed by atoms with E-state index < -0.39 is 33.2 Å². The van der Waals surface area contributed by atoms with E-state index in [2.05, 4.69) is 4.84 Å². The number of nitrogens with one attached hydrogen (secondary N) is 2. The Bertz CT molecular complexity index is 377. The summed E-state index contributed by atoms with van der Waals surface area (Å²) in [5.74, 6) is -2.13. The van der Waals surface area contributed by atoms with Gasteiger partial charge in [0.05, 0.1) is 0 Å². The Labute approximate surface area is 85.6 Å². The Hall–Kier alpha value is -1.19. The zero-order valence-corrected chi connectivity index (χ0v) is 8.58. The molecule has 1 aliphatic heterocycles. The first-order chi connectivity index (χ1) is 6.84. The predicted octanol–water partition coefficient (Wildman–Crippen LogP) is -2.19. The summed E-state index contributed by atoms with van der Waals surface area (Å²) in [6, 6.07) is -1.07. The summed E-state index contributed by atoms with van der Waals surface area (Å²) < 4.78 is 24.6. The fourth-order valence-electron chi connectivity index (χ4n) is 0.864. The average Bonchev–Trinajstić information content (AvgIpc) is 2.50. The number of carbonyl (C=O) groups excluding carboxylic acids is 1. The molecular weight excluding hydrogens is 228 g/mol. The number of sulfonamides is 1. The third kappa shape index (κ3) is 2.64. The van der Waals surface area contributed by atoms with Crippen molar-refractivity contribution in [1.29, 1.82) is 0 Å². The first-order valence-corrected chi connectivity index (χ1v) is 5.55. The van der Waals surface area contributed by atoms with E-state index in [-0.39, 0.29) is 6.61 Å². The van der Waals surface area contributed by atoms with Crippen LogP contribution in [0, 0.1) is 0 Å². The zero-order chi connectivity index (χ0) is 11.6. The van der Waals surface area contributed by atoms with Gasteiger partial charge in [-0.3, -0.25) is 14.4 Å². The third-order valence-electron chi connectivity index (χ3n) is 1.86. The van der Waals surface area contributed by atoms with Crippen LogP contribution in [0.1, 0.15) is 6.92 Å². The van der Waals surface area contributed by atoms with Crippen molar-refractivity contribution in [1.82, 2.24) is 10.2 Å². The molecule has 0 bridgehead atoms. The van der Waals surface area contributed by atoms with Crippen LogP contribution in [-0.4, -0.2) is 43.3 Å². The second kappa shape index (κ2) is 4.13. The average molecular weight is 238 g/mol. The normalized spacial score (nSPS) is 23.5. The Morgan fingerprint density at radius 1 is 1.73 bits per heavy atom. The van der Waals surface area contributed by atoms with Crippen LogP contribution in [0.3, 0.4) is 0 Å². The Morgan fingerprint density at radius 2 is 2.33 bits per heavy atom. The van der Waals surface area contributed by atoms with Gasteiger partial charge in [-0.2, -0.15) is 4.72 Å². The lowest BCUT2D eigenvalue weighted by Crippen LogP contribution is -2.47. The maximum atomic E-state index is 11.3. The van der Waals surface area contributed by atoms with Crippen molar-refractivity contribution in [3.63, 3.8) is 0 Å². The summed E-state index contributed by atoms with van der Waals surface area (Å²) in [6.45, 7) is 0.850. The van der Waals surface area contributed by atoms with Gasteiger partial charge in [-0.1, -0.05) is 0 Å². The fourth-order valence-corrected chi connectivity index (χ4v) is 1.90. The molecule has 0 spiro atoms. The van der Waals surface area contributed by atoms with Crippen molar-refractivity contribution < 1.29 is 28.0 Å². The first kappa shape index (κ1) is 11.9. The lowest BCUT2D eigenvalue weighted by Gasteiger charge is -2.12. The number of amides is 1. The summed E-state index contributed by atoms with van der Waals surface area (Å²) >= 11 is 0. The number of carbonyl (C=O) groups is 2. The van der Waals surface area contributed by atoms with E-state index >= 15 is 0 Å². The number of hydroxylamine groups is 1. The molecule has 0 aromatic rings. The lowest BCUT2D eigenvalue weighted by atomic mass is 10.3. The van der Waals surface area contributed by atoms with E-state index in [1.54, 1.807) is 0 Å². The van der Waals surface area contributed by atoms with Crippen LogP contribution in [0.4, 0.5) is 0 Å². The van der Waals surface area contributed by atoms with Gasteiger partial charge in [0.15, 0.2) is 5.25 Å². The minimum absolute atomic E-state index is 0.162. The van der Waals surface area contributed by atoms with Gasteiger partial charge in [-0.15, -0.1) is 0 Å². The van der Waals surface area contributed by atoms with Crippen LogP contribution in [0.15, 0.2) is 0 Å². The van der Waals surface area contributed by atoms with Crippen molar-refractivity contribution in [3.05, 3.63) is 0 Å². The van der Waals surface area contributed by atoms with E-state index in [0.717, 1.165) is 6.92 Å². The molecule has 86 valence electrons. The van der Waals surface area contributed by atoms with Crippen LogP contribution < -0.4 is 10.2 Å². The maximum Gasteiger partial charge on any atom is 0.323 e. The molecule has 1 saturated heterocycles. The van der Waals surface area contributed by atoms with Gasteiger partial charge < -0.3 is 5.11 Å². The van der Waals surface area contributed by atoms with E-state index in [0.29, 0.717) is 0 Å². The Balaban J connectivity index is 2.72. The van der Waals surface area contributed by atoms with Crippen molar-refractivity contribution in [2.45, 2.75) is 18.2 Å². The summed E-state index contributed by atoms with van der Waals surface area (Å²) in [6.07, 6.45) is 0. The quantitative estimate of drug-likeness (QED) is 0.511. The van der Waals surface area contributed by atoms with Gasteiger partial charge in [0.1, 0.15) is 12.6 Å². The van der Waals surface area contributed by atoms with Crippen molar-refractivity contribution >= 4 is 21.9 Å².